The largest absolute Gasteiger partial charge is 0.497 e. The first kappa shape index (κ1) is 25.9. The minimum Gasteiger partial charge on any atom is -0.497 e. The Bertz CT molecular complexity index is 1220. The molecule has 2 aromatic carbocycles. The Balaban J connectivity index is 1.74. The molecule has 1 fully saturated rings. The van der Waals surface area contributed by atoms with Gasteiger partial charge in [0.05, 0.1) is 12.6 Å². The molecule has 8 nitrogen and oxygen atoms in total. The number of rotatable bonds is 7. The summed E-state index contributed by atoms with van der Waals surface area (Å²) in [5, 5.41) is 8.95. The highest BCUT2D eigenvalue weighted by atomic mass is 35.5. The first-order chi connectivity index (χ1) is 17.0. The summed E-state index contributed by atoms with van der Waals surface area (Å²) in [6.45, 7) is 10.5. The van der Waals surface area contributed by atoms with Crippen LogP contribution >= 0.6 is 23.8 Å². The molecule has 2 heterocycles. The average Bonchev–Trinajstić information content (AvgIpc) is 3.43. The van der Waals surface area contributed by atoms with Gasteiger partial charge in [0.2, 0.25) is 6.23 Å². The van der Waals surface area contributed by atoms with Gasteiger partial charge in [0, 0.05) is 10.7 Å². The number of aromatic nitrogens is 3. The Morgan fingerprint density at radius 1 is 1.06 bits per heavy atom. The number of amidine groups is 1. The van der Waals surface area contributed by atoms with Crippen LogP contribution in [0.5, 0.6) is 11.5 Å². The number of aliphatic imine (C=N–C) groups is 1. The Hall–Kier alpha value is -3.17. The van der Waals surface area contributed by atoms with Crippen LogP contribution in [0, 0.1) is 5.41 Å². The van der Waals surface area contributed by atoms with Crippen molar-refractivity contribution in [2.24, 2.45) is 10.4 Å². The number of nitrogens with one attached hydrogen (secondary N) is 1. The van der Waals surface area contributed by atoms with Crippen molar-refractivity contribution in [1.82, 2.24) is 20.1 Å². The fraction of sp³-hybridized carbons (Fsp3) is 0.385. The second-order valence-corrected chi connectivity index (χ2v) is 11.0. The maximum atomic E-state index is 6.45. The molecular formula is C26H31ClN6O2S. The predicted molar refractivity (Wildman–Crippen MR) is 147 cm³/mol. The zero-order chi connectivity index (χ0) is 26.1. The summed E-state index contributed by atoms with van der Waals surface area (Å²) in [6, 6.07) is 14.7. The molecule has 190 valence electrons. The molecule has 10 heteroatoms. The van der Waals surface area contributed by atoms with Gasteiger partial charge in [0.15, 0.2) is 5.11 Å². The van der Waals surface area contributed by atoms with Crippen LogP contribution in [0.1, 0.15) is 40.8 Å². The summed E-state index contributed by atoms with van der Waals surface area (Å²) >= 11 is 11.8. The number of anilines is 1. The number of ether oxygens (including phenoxy) is 2. The molecule has 1 aliphatic rings. The molecule has 4 rings (SSSR count). The molecule has 0 radical (unpaired) electrons. The first-order valence-corrected chi connectivity index (χ1v) is 12.4. The lowest BCUT2D eigenvalue weighted by atomic mass is 9.85. The summed E-state index contributed by atoms with van der Waals surface area (Å²) in [5.74, 6) is 2.18. The van der Waals surface area contributed by atoms with Crippen LogP contribution in [0.15, 0.2) is 66.2 Å². The van der Waals surface area contributed by atoms with E-state index in [0.717, 1.165) is 17.3 Å². The number of methoxy groups -OCH3 is 1. The molecule has 1 saturated heterocycles. The van der Waals surface area contributed by atoms with Crippen molar-refractivity contribution in [3.05, 3.63) is 66.2 Å². The van der Waals surface area contributed by atoms with E-state index in [1.165, 1.54) is 6.33 Å². The van der Waals surface area contributed by atoms with Gasteiger partial charge in [0.1, 0.15) is 36.0 Å². The molecule has 0 saturated carbocycles. The van der Waals surface area contributed by atoms with Crippen LogP contribution in [-0.4, -0.2) is 44.4 Å². The van der Waals surface area contributed by atoms with Crippen molar-refractivity contribution in [3.8, 4) is 11.5 Å². The van der Waals surface area contributed by atoms with E-state index < -0.39 is 11.8 Å². The van der Waals surface area contributed by atoms with Crippen LogP contribution in [0.4, 0.5) is 5.69 Å². The highest BCUT2D eigenvalue weighted by Gasteiger charge is 2.45. The van der Waals surface area contributed by atoms with Gasteiger partial charge in [0.25, 0.3) is 0 Å². The van der Waals surface area contributed by atoms with Crippen LogP contribution < -0.4 is 19.7 Å². The van der Waals surface area contributed by atoms with E-state index in [-0.39, 0.29) is 11.5 Å². The van der Waals surface area contributed by atoms with Crippen molar-refractivity contribution in [3.63, 3.8) is 0 Å². The van der Waals surface area contributed by atoms with Crippen molar-refractivity contribution in [1.29, 1.82) is 0 Å². The number of halogens is 1. The lowest BCUT2D eigenvalue weighted by Crippen LogP contribution is -2.46. The molecule has 2 unspecified atom stereocenters. The lowest BCUT2D eigenvalue weighted by Gasteiger charge is -2.36. The Morgan fingerprint density at radius 3 is 2.25 bits per heavy atom. The van der Waals surface area contributed by atoms with Gasteiger partial charge >= 0.3 is 0 Å². The second-order valence-electron chi connectivity index (χ2n) is 10.1. The van der Waals surface area contributed by atoms with Gasteiger partial charge in [-0.2, -0.15) is 5.10 Å². The van der Waals surface area contributed by atoms with E-state index in [1.54, 1.807) is 30.3 Å². The van der Waals surface area contributed by atoms with Gasteiger partial charge in [-0.3, -0.25) is 4.99 Å². The van der Waals surface area contributed by atoms with E-state index in [2.05, 4.69) is 54.9 Å². The van der Waals surface area contributed by atoms with Gasteiger partial charge < -0.3 is 19.7 Å². The molecule has 0 aliphatic carbocycles. The number of hydrogen-bond acceptors (Lipinski definition) is 6. The third-order valence-electron chi connectivity index (χ3n) is 6.09. The Kier molecular flexibility index (Phi) is 7.24. The van der Waals surface area contributed by atoms with Crippen LogP contribution in [0.25, 0.3) is 0 Å². The molecular weight excluding hydrogens is 496 g/mol. The highest BCUT2D eigenvalue weighted by Crippen LogP contribution is 2.36. The Labute approximate surface area is 222 Å². The molecule has 1 aliphatic heterocycles. The topological polar surface area (TPSA) is 76.8 Å². The number of benzene rings is 2. The van der Waals surface area contributed by atoms with Crippen molar-refractivity contribution >= 4 is 40.5 Å². The van der Waals surface area contributed by atoms with Gasteiger partial charge in [-0.15, -0.1) is 0 Å². The molecule has 2 atom stereocenters. The molecule has 1 aromatic heterocycles. The maximum Gasteiger partial charge on any atom is 0.215 e. The summed E-state index contributed by atoms with van der Waals surface area (Å²) in [5.41, 5.74) is 0.103. The number of hydrogen-bond donors (Lipinski definition) is 1. The van der Waals surface area contributed by atoms with Gasteiger partial charge in [-0.25, -0.2) is 9.67 Å². The van der Waals surface area contributed by atoms with E-state index in [0.29, 0.717) is 15.9 Å². The summed E-state index contributed by atoms with van der Waals surface area (Å²) in [4.78, 5) is 11.5. The fourth-order valence-electron chi connectivity index (χ4n) is 4.12. The van der Waals surface area contributed by atoms with Crippen LogP contribution in [0.2, 0.25) is 5.02 Å². The SMILES string of the molecule is COc1ccc(N2C(=S)NC(=NC(C(Oc3ccc(Cl)cc3)n3cncn3)C(C)(C)C)C2(C)C)cc1. The van der Waals surface area contributed by atoms with Crippen LogP contribution in [0.3, 0.4) is 0 Å². The zero-order valence-electron chi connectivity index (χ0n) is 21.3. The maximum absolute atomic E-state index is 6.45. The third kappa shape index (κ3) is 5.32. The van der Waals surface area contributed by atoms with E-state index >= 15 is 0 Å². The predicted octanol–water partition coefficient (Wildman–Crippen LogP) is 5.50. The van der Waals surface area contributed by atoms with Crippen LogP contribution in [-0.2, 0) is 0 Å². The monoisotopic (exact) mass is 526 g/mol. The van der Waals surface area contributed by atoms with E-state index in [9.17, 15) is 0 Å². The first-order valence-electron chi connectivity index (χ1n) is 11.6. The number of nitrogens with zero attached hydrogens (tertiary/aromatic N) is 5. The zero-order valence-corrected chi connectivity index (χ0v) is 22.8. The van der Waals surface area contributed by atoms with Crippen molar-refractivity contribution in [2.75, 3.05) is 12.0 Å². The highest BCUT2D eigenvalue weighted by molar-refractivity contribution is 7.80. The summed E-state index contributed by atoms with van der Waals surface area (Å²) in [7, 11) is 1.65. The quantitative estimate of drug-likeness (QED) is 0.407. The normalized spacial score (nSPS) is 18.1. The molecule has 1 N–H and O–H groups in total. The average molecular weight is 527 g/mol. The van der Waals surface area contributed by atoms with E-state index in [1.807, 2.05) is 36.4 Å². The second kappa shape index (κ2) is 10.1. The molecule has 0 amide bonds. The molecule has 0 bridgehead atoms. The molecule has 36 heavy (non-hydrogen) atoms. The minimum absolute atomic E-state index is 0.303. The standard InChI is InChI=1S/C26H31ClN6O2S/c1-25(2,3)21(22(32-16-28-15-29-32)35-20-11-7-17(27)8-12-20)30-23-26(4,5)33(24(36)31-23)18-9-13-19(34-6)14-10-18/h7-16,21-22H,1-6H3,(H,30,31,36). The Morgan fingerprint density at radius 2 is 1.69 bits per heavy atom. The van der Waals surface area contributed by atoms with Crippen molar-refractivity contribution in [2.45, 2.75) is 52.4 Å². The number of thiocarbonyl (C=S) groups is 1. The molecule has 0 spiro atoms. The van der Waals surface area contributed by atoms with Gasteiger partial charge in [-0.05, 0) is 80.0 Å². The fourth-order valence-corrected chi connectivity index (χ4v) is 4.68. The van der Waals surface area contributed by atoms with E-state index in [4.69, 9.17) is 38.3 Å². The summed E-state index contributed by atoms with van der Waals surface area (Å²) < 4.78 is 13.5. The van der Waals surface area contributed by atoms with Crippen molar-refractivity contribution < 1.29 is 9.47 Å². The minimum atomic E-state index is -0.567. The van der Waals surface area contributed by atoms with Gasteiger partial charge in [-0.1, -0.05) is 32.4 Å². The smallest absolute Gasteiger partial charge is 0.215 e. The third-order valence-corrected chi connectivity index (χ3v) is 6.63. The molecule has 3 aromatic rings. The lowest BCUT2D eigenvalue weighted by molar-refractivity contribution is 0.0470. The summed E-state index contributed by atoms with van der Waals surface area (Å²) in [6.07, 6.45) is 2.56.